The maximum absolute atomic E-state index is 13.5. The number of rotatable bonds is 6. The number of hydrogen-bond acceptors (Lipinski definition) is 3. The number of aryl methyl sites for hydroxylation is 1. The molecule has 0 aromatic heterocycles. The fourth-order valence-electron chi connectivity index (χ4n) is 4.05. The van der Waals surface area contributed by atoms with E-state index >= 15 is 0 Å². The zero-order chi connectivity index (χ0) is 22.9. The van der Waals surface area contributed by atoms with Gasteiger partial charge >= 0.3 is 0 Å². The summed E-state index contributed by atoms with van der Waals surface area (Å²) in [6.45, 7) is 3.80. The van der Waals surface area contributed by atoms with E-state index in [1.165, 1.54) is 16.4 Å². The van der Waals surface area contributed by atoms with Gasteiger partial charge in [0.05, 0.1) is 11.4 Å². The molecular formula is C25H25ClN2O3S. The van der Waals surface area contributed by atoms with Crippen molar-refractivity contribution < 1.29 is 13.2 Å². The number of para-hydroxylation sites is 1. The number of carbonyl (C=O) groups excluding carboxylic acids is 1. The van der Waals surface area contributed by atoms with Gasteiger partial charge in [-0.25, -0.2) is 8.42 Å². The van der Waals surface area contributed by atoms with Crippen molar-refractivity contribution in [2.45, 2.75) is 37.8 Å². The molecule has 7 heteroatoms. The normalized spacial score (nSPS) is 15.8. The standard InChI is InChI=1S/C25H25ClN2O3S/c1-18-7-9-20(10-8-18)16-27(32(30,31)23-13-11-22(26)12-14-23)17-25(29)28-19(2)15-21-5-3-4-6-24(21)28/h3-14,19H,15-17H2,1-2H3/t19-/m1/s1. The van der Waals surface area contributed by atoms with Gasteiger partial charge in [0.1, 0.15) is 0 Å². The van der Waals surface area contributed by atoms with Gasteiger partial charge in [-0.15, -0.1) is 0 Å². The molecule has 5 nitrogen and oxygen atoms in total. The number of nitrogens with zero attached hydrogens (tertiary/aromatic N) is 2. The van der Waals surface area contributed by atoms with Crippen LogP contribution in [0.5, 0.6) is 0 Å². The van der Waals surface area contributed by atoms with Crippen molar-refractivity contribution in [1.29, 1.82) is 0 Å². The van der Waals surface area contributed by atoms with Crippen LogP contribution >= 0.6 is 11.6 Å². The Morgan fingerprint density at radius 2 is 1.69 bits per heavy atom. The van der Waals surface area contributed by atoms with Gasteiger partial charge in [0.2, 0.25) is 15.9 Å². The molecule has 1 aliphatic heterocycles. The Balaban J connectivity index is 1.67. The Hall–Kier alpha value is -2.67. The quantitative estimate of drug-likeness (QED) is 0.521. The second kappa shape index (κ2) is 9.06. The van der Waals surface area contributed by atoms with Gasteiger partial charge in [-0.05, 0) is 61.7 Å². The maximum Gasteiger partial charge on any atom is 0.243 e. The Bertz CT molecular complexity index is 1220. The second-order valence-corrected chi connectivity index (χ2v) is 10.5. The minimum Gasteiger partial charge on any atom is -0.308 e. The molecule has 0 fully saturated rings. The van der Waals surface area contributed by atoms with Crippen LogP contribution in [-0.2, 0) is 27.8 Å². The first-order valence-electron chi connectivity index (χ1n) is 10.5. The van der Waals surface area contributed by atoms with Crippen LogP contribution in [-0.4, -0.2) is 31.2 Å². The SMILES string of the molecule is Cc1ccc(CN(CC(=O)N2c3ccccc3C[C@H]2C)S(=O)(=O)c2ccc(Cl)cc2)cc1. The van der Waals surface area contributed by atoms with E-state index in [1.54, 1.807) is 17.0 Å². The number of fused-ring (bicyclic) bond motifs is 1. The van der Waals surface area contributed by atoms with Crippen LogP contribution in [0.3, 0.4) is 0 Å². The van der Waals surface area contributed by atoms with Crippen LogP contribution in [0.15, 0.2) is 77.7 Å². The first-order chi connectivity index (χ1) is 15.3. The number of anilines is 1. The molecule has 3 aromatic carbocycles. The van der Waals surface area contributed by atoms with Crippen molar-refractivity contribution in [3.8, 4) is 0 Å². The zero-order valence-electron chi connectivity index (χ0n) is 18.0. The summed E-state index contributed by atoms with van der Waals surface area (Å²) in [6.07, 6.45) is 0.754. The smallest absolute Gasteiger partial charge is 0.243 e. The third kappa shape index (κ3) is 4.58. The predicted molar refractivity (Wildman–Crippen MR) is 127 cm³/mol. The predicted octanol–water partition coefficient (Wildman–Crippen LogP) is 4.82. The van der Waals surface area contributed by atoms with E-state index in [-0.39, 0.29) is 29.9 Å². The lowest BCUT2D eigenvalue weighted by atomic mass is 10.1. The molecular weight excluding hydrogens is 444 g/mol. The van der Waals surface area contributed by atoms with E-state index in [0.717, 1.165) is 28.8 Å². The number of benzene rings is 3. The van der Waals surface area contributed by atoms with E-state index in [0.29, 0.717) is 5.02 Å². The lowest BCUT2D eigenvalue weighted by Crippen LogP contribution is -2.44. The van der Waals surface area contributed by atoms with Crippen molar-refractivity contribution in [3.05, 3.63) is 94.5 Å². The van der Waals surface area contributed by atoms with E-state index in [1.807, 2.05) is 62.4 Å². The molecule has 1 aliphatic rings. The highest BCUT2D eigenvalue weighted by Crippen LogP contribution is 2.32. The highest BCUT2D eigenvalue weighted by atomic mass is 35.5. The van der Waals surface area contributed by atoms with Gasteiger partial charge in [0.15, 0.2) is 0 Å². The molecule has 0 bridgehead atoms. The van der Waals surface area contributed by atoms with Crippen LogP contribution in [0.4, 0.5) is 5.69 Å². The van der Waals surface area contributed by atoms with E-state index in [4.69, 9.17) is 11.6 Å². The lowest BCUT2D eigenvalue weighted by molar-refractivity contribution is -0.119. The van der Waals surface area contributed by atoms with E-state index in [2.05, 4.69) is 0 Å². The van der Waals surface area contributed by atoms with Gasteiger partial charge < -0.3 is 4.90 Å². The van der Waals surface area contributed by atoms with Crippen molar-refractivity contribution in [1.82, 2.24) is 4.31 Å². The third-order valence-corrected chi connectivity index (χ3v) is 7.78. The Labute approximate surface area is 194 Å². The summed E-state index contributed by atoms with van der Waals surface area (Å²) in [5, 5.41) is 0.451. The first-order valence-corrected chi connectivity index (χ1v) is 12.3. The second-order valence-electron chi connectivity index (χ2n) is 8.16. The van der Waals surface area contributed by atoms with Gasteiger partial charge in [-0.2, -0.15) is 4.31 Å². The average molecular weight is 469 g/mol. The molecule has 0 N–H and O–H groups in total. The minimum absolute atomic E-state index is 0.0284. The Morgan fingerprint density at radius 1 is 1.03 bits per heavy atom. The summed E-state index contributed by atoms with van der Waals surface area (Å²) in [5.41, 5.74) is 3.85. The third-order valence-electron chi connectivity index (χ3n) is 5.72. The zero-order valence-corrected chi connectivity index (χ0v) is 19.6. The summed E-state index contributed by atoms with van der Waals surface area (Å²) in [6, 6.07) is 21.4. The molecule has 4 rings (SSSR count). The molecule has 1 amide bonds. The number of sulfonamides is 1. The highest BCUT2D eigenvalue weighted by molar-refractivity contribution is 7.89. The highest BCUT2D eigenvalue weighted by Gasteiger charge is 2.34. The summed E-state index contributed by atoms with van der Waals surface area (Å²) >= 11 is 5.95. The monoisotopic (exact) mass is 468 g/mol. The molecule has 0 saturated heterocycles. The van der Waals surface area contributed by atoms with Crippen molar-refractivity contribution in [2.24, 2.45) is 0 Å². The molecule has 32 heavy (non-hydrogen) atoms. The van der Waals surface area contributed by atoms with Gasteiger partial charge in [-0.3, -0.25) is 4.79 Å². The summed E-state index contributed by atoms with van der Waals surface area (Å²) in [5.74, 6) is -0.243. The Kier molecular flexibility index (Phi) is 6.38. The van der Waals surface area contributed by atoms with Crippen LogP contribution < -0.4 is 4.90 Å². The molecule has 0 saturated carbocycles. The lowest BCUT2D eigenvalue weighted by Gasteiger charge is -2.27. The van der Waals surface area contributed by atoms with Crippen LogP contribution in [0.25, 0.3) is 0 Å². The topological polar surface area (TPSA) is 57.7 Å². The minimum atomic E-state index is -3.92. The number of carbonyl (C=O) groups is 1. The van der Waals surface area contributed by atoms with Crippen molar-refractivity contribution in [3.63, 3.8) is 0 Å². The molecule has 0 unspecified atom stereocenters. The average Bonchev–Trinajstić information content (AvgIpc) is 3.10. The molecule has 0 aliphatic carbocycles. The molecule has 3 aromatic rings. The molecule has 166 valence electrons. The van der Waals surface area contributed by atoms with Crippen molar-refractivity contribution >= 4 is 33.2 Å². The first kappa shape index (κ1) is 22.5. The summed E-state index contributed by atoms with van der Waals surface area (Å²) < 4.78 is 28.3. The molecule has 1 heterocycles. The fourth-order valence-corrected chi connectivity index (χ4v) is 5.55. The number of amides is 1. The number of hydrogen-bond donors (Lipinski definition) is 0. The fraction of sp³-hybridized carbons (Fsp3) is 0.240. The van der Waals surface area contributed by atoms with Crippen molar-refractivity contribution in [2.75, 3.05) is 11.4 Å². The van der Waals surface area contributed by atoms with Crippen LogP contribution in [0.1, 0.15) is 23.6 Å². The maximum atomic E-state index is 13.5. The molecule has 0 radical (unpaired) electrons. The van der Waals surface area contributed by atoms with E-state index in [9.17, 15) is 13.2 Å². The largest absolute Gasteiger partial charge is 0.308 e. The van der Waals surface area contributed by atoms with Gasteiger partial charge in [-0.1, -0.05) is 59.6 Å². The van der Waals surface area contributed by atoms with Crippen LogP contribution in [0, 0.1) is 6.92 Å². The summed E-state index contributed by atoms with van der Waals surface area (Å²) in [7, 11) is -3.92. The molecule has 0 spiro atoms. The Morgan fingerprint density at radius 3 is 2.38 bits per heavy atom. The summed E-state index contributed by atoms with van der Waals surface area (Å²) in [4.78, 5) is 15.2. The van der Waals surface area contributed by atoms with Crippen LogP contribution in [0.2, 0.25) is 5.02 Å². The van der Waals surface area contributed by atoms with Gasteiger partial charge in [0.25, 0.3) is 0 Å². The van der Waals surface area contributed by atoms with Gasteiger partial charge in [0, 0.05) is 23.3 Å². The van der Waals surface area contributed by atoms with E-state index < -0.39 is 10.0 Å². The molecule has 1 atom stereocenters. The number of halogens is 1.